The van der Waals surface area contributed by atoms with Crippen LogP contribution in [0.2, 0.25) is 0 Å². The first-order valence-corrected chi connectivity index (χ1v) is 9.04. The fraction of sp³-hybridized carbons (Fsp3) is 0.389. The van der Waals surface area contributed by atoms with E-state index in [-0.39, 0.29) is 17.8 Å². The first kappa shape index (κ1) is 17.6. The molecule has 3 rings (SSSR count). The molecule has 1 saturated heterocycles. The molecule has 0 amide bonds. The summed E-state index contributed by atoms with van der Waals surface area (Å²) in [5.74, 6) is -0.270. The molecule has 132 valence electrons. The van der Waals surface area contributed by atoms with Crippen molar-refractivity contribution in [3.8, 4) is 0 Å². The van der Waals surface area contributed by atoms with Gasteiger partial charge in [-0.3, -0.25) is 10.2 Å². The Balaban J connectivity index is 1.53. The summed E-state index contributed by atoms with van der Waals surface area (Å²) in [5, 5.41) is 6.67. The van der Waals surface area contributed by atoms with E-state index in [0.717, 1.165) is 18.8 Å². The van der Waals surface area contributed by atoms with Crippen LogP contribution in [0.5, 0.6) is 0 Å². The minimum absolute atomic E-state index is 0.143. The third kappa shape index (κ3) is 4.43. The number of hydrogen-bond acceptors (Lipinski definition) is 7. The van der Waals surface area contributed by atoms with E-state index in [4.69, 9.17) is 9.47 Å². The second-order valence-corrected chi connectivity index (χ2v) is 7.03. The third-order valence-corrected chi connectivity index (χ3v) is 4.80. The summed E-state index contributed by atoms with van der Waals surface area (Å²) in [6.07, 6.45) is 1.93. The van der Waals surface area contributed by atoms with Crippen LogP contribution < -0.4 is 5.43 Å². The lowest BCUT2D eigenvalue weighted by atomic mass is 9.81. The largest absolute Gasteiger partial charge is 0.466 e. The molecule has 0 spiro atoms. The van der Waals surface area contributed by atoms with Crippen molar-refractivity contribution in [2.24, 2.45) is 5.10 Å². The van der Waals surface area contributed by atoms with Gasteiger partial charge in [-0.2, -0.15) is 5.10 Å². The second kappa shape index (κ2) is 7.76. The van der Waals surface area contributed by atoms with Crippen LogP contribution in [0.25, 0.3) is 0 Å². The molecule has 7 heteroatoms. The standard InChI is InChI=1S/C18H21N3O3S/c1-3-24-16(22)8-15-10-25-17(20-15)21-19-9-13-4-6-14(7-5-13)18(2)11-23-12-18/h4-7,9-10H,3,8,11-12H2,1-2H3,(H,20,21). The number of carbonyl (C=O) groups excluding carboxylic acids is 1. The maximum atomic E-state index is 11.4. The number of rotatable bonds is 7. The van der Waals surface area contributed by atoms with Crippen molar-refractivity contribution in [2.45, 2.75) is 25.7 Å². The minimum Gasteiger partial charge on any atom is -0.466 e. The molecule has 2 heterocycles. The van der Waals surface area contributed by atoms with Crippen molar-refractivity contribution in [1.29, 1.82) is 0 Å². The van der Waals surface area contributed by atoms with Crippen LogP contribution >= 0.6 is 11.3 Å². The van der Waals surface area contributed by atoms with Gasteiger partial charge in [0.15, 0.2) is 0 Å². The molecule has 0 unspecified atom stereocenters. The van der Waals surface area contributed by atoms with Crippen LogP contribution in [-0.2, 0) is 26.1 Å². The zero-order chi connectivity index (χ0) is 17.7. The second-order valence-electron chi connectivity index (χ2n) is 6.17. The normalized spacial score (nSPS) is 15.8. The van der Waals surface area contributed by atoms with E-state index in [2.05, 4.69) is 34.6 Å². The summed E-state index contributed by atoms with van der Waals surface area (Å²) in [6, 6.07) is 8.31. The molecule has 0 atom stereocenters. The molecule has 0 aliphatic carbocycles. The highest BCUT2D eigenvalue weighted by molar-refractivity contribution is 7.13. The molecular weight excluding hydrogens is 338 g/mol. The van der Waals surface area contributed by atoms with Crippen molar-refractivity contribution in [1.82, 2.24) is 4.98 Å². The quantitative estimate of drug-likeness (QED) is 0.467. The van der Waals surface area contributed by atoms with Gasteiger partial charge in [-0.25, -0.2) is 4.98 Å². The average Bonchev–Trinajstić information content (AvgIpc) is 3.01. The molecule has 0 bridgehead atoms. The summed E-state index contributed by atoms with van der Waals surface area (Å²) in [6.45, 7) is 5.93. The molecule has 2 aromatic rings. The number of hydrazone groups is 1. The van der Waals surface area contributed by atoms with Crippen LogP contribution in [0, 0.1) is 0 Å². The number of carbonyl (C=O) groups is 1. The van der Waals surface area contributed by atoms with Crippen molar-refractivity contribution < 1.29 is 14.3 Å². The van der Waals surface area contributed by atoms with Gasteiger partial charge in [0.25, 0.3) is 0 Å². The number of thiazole rings is 1. The summed E-state index contributed by atoms with van der Waals surface area (Å²) < 4.78 is 10.2. The summed E-state index contributed by atoms with van der Waals surface area (Å²) in [7, 11) is 0. The van der Waals surface area contributed by atoms with E-state index < -0.39 is 0 Å². The van der Waals surface area contributed by atoms with Gasteiger partial charge in [0.1, 0.15) is 0 Å². The first-order valence-electron chi connectivity index (χ1n) is 8.16. The molecule has 0 radical (unpaired) electrons. The number of anilines is 1. The maximum absolute atomic E-state index is 11.4. The van der Waals surface area contributed by atoms with Gasteiger partial charge in [0.2, 0.25) is 5.13 Å². The lowest BCUT2D eigenvalue weighted by Gasteiger charge is -2.38. The molecule has 25 heavy (non-hydrogen) atoms. The van der Waals surface area contributed by atoms with Crippen molar-refractivity contribution in [3.05, 3.63) is 46.5 Å². The zero-order valence-corrected chi connectivity index (χ0v) is 15.1. The van der Waals surface area contributed by atoms with Crippen LogP contribution in [0.3, 0.4) is 0 Å². The average molecular weight is 359 g/mol. The molecular formula is C18H21N3O3S. The SMILES string of the molecule is CCOC(=O)Cc1csc(NN=Cc2ccc(C3(C)COC3)cc2)n1. The van der Waals surface area contributed by atoms with E-state index in [0.29, 0.717) is 17.4 Å². The van der Waals surface area contributed by atoms with E-state index in [1.165, 1.54) is 16.9 Å². The van der Waals surface area contributed by atoms with Gasteiger partial charge in [0, 0.05) is 10.8 Å². The number of hydrogen-bond donors (Lipinski definition) is 1. The Kier molecular flexibility index (Phi) is 5.45. The maximum Gasteiger partial charge on any atom is 0.311 e. The molecule has 0 saturated carbocycles. The van der Waals surface area contributed by atoms with Crippen LogP contribution in [0.4, 0.5) is 5.13 Å². The number of nitrogens with one attached hydrogen (secondary N) is 1. The lowest BCUT2D eigenvalue weighted by Crippen LogP contribution is -2.43. The summed E-state index contributed by atoms with van der Waals surface area (Å²) >= 11 is 1.40. The highest BCUT2D eigenvalue weighted by Gasteiger charge is 2.34. The Bertz CT molecular complexity index is 751. The van der Waals surface area contributed by atoms with E-state index in [1.807, 2.05) is 17.5 Å². The molecule has 1 N–H and O–H groups in total. The molecule has 1 aromatic heterocycles. The van der Waals surface area contributed by atoms with E-state index >= 15 is 0 Å². The zero-order valence-electron chi connectivity index (χ0n) is 14.3. The third-order valence-electron chi connectivity index (χ3n) is 4.01. The number of aromatic nitrogens is 1. The van der Waals surface area contributed by atoms with Crippen molar-refractivity contribution >= 4 is 28.7 Å². The van der Waals surface area contributed by atoms with Gasteiger partial charge < -0.3 is 9.47 Å². The van der Waals surface area contributed by atoms with E-state index in [1.54, 1.807) is 13.1 Å². The molecule has 1 aliphatic rings. The van der Waals surface area contributed by atoms with Crippen LogP contribution in [0.15, 0.2) is 34.7 Å². The Morgan fingerprint density at radius 2 is 2.20 bits per heavy atom. The monoisotopic (exact) mass is 359 g/mol. The summed E-state index contributed by atoms with van der Waals surface area (Å²) in [5.41, 5.74) is 6.00. The highest BCUT2D eigenvalue weighted by Crippen LogP contribution is 2.31. The molecule has 6 nitrogen and oxygen atoms in total. The van der Waals surface area contributed by atoms with Gasteiger partial charge in [-0.05, 0) is 18.1 Å². The fourth-order valence-electron chi connectivity index (χ4n) is 2.51. The Morgan fingerprint density at radius 3 is 2.84 bits per heavy atom. The topological polar surface area (TPSA) is 72.8 Å². The Morgan fingerprint density at radius 1 is 1.44 bits per heavy atom. The van der Waals surface area contributed by atoms with Crippen molar-refractivity contribution in [2.75, 3.05) is 25.2 Å². The molecule has 1 aliphatic heterocycles. The van der Waals surface area contributed by atoms with Gasteiger partial charge in [0.05, 0.1) is 38.1 Å². The number of nitrogens with zero attached hydrogens (tertiary/aromatic N) is 2. The van der Waals surface area contributed by atoms with Gasteiger partial charge >= 0.3 is 5.97 Å². The van der Waals surface area contributed by atoms with Crippen molar-refractivity contribution in [3.63, 3.8) is 0 Å². The summed E-state index contributed by atoms with van der Waals surface area (Å²) in [4.78, 5) is 15.7. The smallest absolute Gasteiger partial charge is 0.311 e. The fourth-order valence-corrected chi connectivity index (χ4v) is 3.17. The first-order chi connectivity index (χ1) is 12.1. The highest BCUT2D eigenvalue weighted by atomic mass is 32.1. The van der Waals surface area contributed by atoms with Crippen LogP contribution in [-0.4, -0.2) is 37.0 Å². The lowest BCUT2D eigenvalue weighted by molar-refractivity contribution is -0.142. The number of benzene rings is 1. The van der Waals surface area contributed by atoms with Gasteiger partial charge in [-0.15, -0.1) is 11.3 Å². The Labute approximate surface area is 150 Å². The predicted molar refractivity (Wildman–Crippen MR) is 98.3 cm³/mol. The number of ether oxygens (including phenoxy) is 2. The predicted octanol–water partition coefficient (Wildman–Crippen LogP) is 2.98. The van der Waals surface area contributed by atoms with E-state index in [9.17, 15) is 4.79 Å². The Hall–Kier alpha value is -2.25. The van der Waals surface area contributed by atoms with Crippen LogP contribution in [0.1, 0.15) is 30.7 Å². The minimum atomic E-state index is -0.270. The molecule has 1 aromatic carbocycles. The van der Waals surface area contributed by atoms with Gasteiger partial charge in [-0.1, -0.05) is 31.2 Å². The molecule has 1 fully saturated rings. The number of esters is 1.